The van der Waals surface area contributed by atoms with Gasteiger partial charge in [-0.1, -0.05) is 11.6 Å². The Hall–Kier alpha value is -0.960. The highest BCUT2D eigenvalue weighted by atomic mass is 35.5. The molecular formula is C8H11ClN2O. The van der Waals surface area contributed by atoms with Crippen molar-refractivity contribution in [3.05, 3.63) is 16.8 Å². The van der Waals surface area contributed by atoms with E-state index in [0.717, 1.165) is 5.69 Å². The largest absolute Gasteiger partial charge is 0.477 e. The Morgan fingerprint density at radius 2 is 2.33 bits per heavy atom. The van der Waals surface area contributed by atoms with Crippen LogP contribution >= 0.6 is 11.6 Å². The van der Waals surface area contributed by atoms with Crippen LogP contribution in [0.2, 0.25) is 5.02 Å². The minimum absolute atomic E-state index is 0.391. The normalized spacial score (nSPS) is 9.92. The number of nitrogen functional groups attached to an aromatic ring is 1. The molecule has 0 unspecified atom stereocenters. The van der Waals surface area contributed by atoms with Gasteiger partial charge in [0.15, 0.2) is 0 Å². The second-order valence-corrected chi connectivity index (χ2v) is 2.78. The van der Waals surface area contributed by atoms with Crippen LogP contribution in [0.15, 0.2) is 6.07 Å². The molecule has 0 aliphatic carbocycles. The van der Waals surface area contributed by atoms with Gasteiger partial charge in [0.25, 0.3) is 0 Å². The average molecular weight is 187 g/mol. The van der Waals surface area contributed by atoms with E-state index in [-0.39, 0.29) is 0 Å². The fourth-order valence-corrected chi connectivity index (χ4v) is 1.04. The number of anilines is 1. The van der Waals surface area contributed by atoms with Gasteiger partial charge in [-0.3, -0.25) is 0 Å². The van der Waals surface area contributed by atoms with Crippen molar-refractivity contribution < 1.29 is 4.74 Å². The van der Waals surface area contributed by atoms with E-state index in [2.05, 4.69) is 4.98 Å². The maximum absolute atomic E-state index is 5.83. The summed E-state index contributed by atoms with van der Waals surface area (Å²) < 4.78 is 5.18. The van der Waals surface area contributed by atoms with E-state index < -0.39 is 0 Å². The highest BCUT2D eigenvalue weighted by Crippen LogP contribution is 2.28. The van der Waals surface area contributed by atoms with Gasteiger partial charge in [0, 0.05) is 5.69 Å². The van der Waals surface area contributed by atoms with Gasteiger partial charge in [-0.2, -0.15) is 0 Å². The molecule has 0 atom stereocenters. The molecule has 0 spiro atoms. The van der Waals surface area contributed by atoms with Crippen molar-refractivity contribution in [3.8, 4) is 5.88 Å². The lowest BCUT2D eigenvalue weighted by Crippen LogP contribution is -1.99. The zero-order chi connectivity index (χ0) is 9.14. The zero-order valence-corrected chi connectivity index (χ0v) is 7.85. The third-order valence-electron chi connectivity index (χ3n) is 1.36. The molecular weight excluding hydrogens is 176 g/mol. The number of rotatable bonds is 2. The number of hydrogen-bond donors (Lipinski definition) is 1. The van der Waals surface area contributed by atoms with Gasteiger partial charge in [0.05, 0.1) is 12.3 Å². The van der Waals surface area contributed by atoms with Gasteiger partial charge in [-0.15, -0.1) is 0 Å². The Bertz CT molecular complexity index is 289. The SMILES string of the molecule is CCOc1nc(C)cc(N)c1Cl. The van der Waals surface area contributed by atoms with E-state index in [4.69, 9.17) is 22.1 Å². The molecule has 66 valence electrons. The molecule has 0 radical (unpaired) electrons. The Morgan fingerprint density at radius 3 is 2.92 bits per heavy atom. The quantitative estimate of drug-likeness (QED) is 0.769. The second kappa shape index (κ2) is 3.63. The first-order valence-corrected chi connectivity index (χ1v) is 4.08. The lowest BCUT2D eigenvalue weighted by molar-refractivity contribution is 0.326. The molecule has 3 nitrogen and oxygen atoms in total. The van der Waals surface area contributed by atoms with Crippen LogP contribution in [0.1, 0.15) is 12.6 Å². The van der Waals surface area contributed by atoms with Crippen molar-refractivity contribution in [1.29, 1.82) is 0 Å². The Labute approximate surface area is 76.5 Å². The van der Waals surface area contributed by atoms with Gasteiger partial charge in [0.1, 0.15) is 5.02 Å². The number of halogens is 1. The fraction of sp³-hybridized carbons (Fsp3) is 0.375. The number of hydrogen-bond acceptors (Lipinski definition) is 3. The highest BCUT2D eigenvalue weighted by Gasteiger charge is 2.06. The molecule has 0 bridgehead atoms. The molecule has 0 aromatic carbocycles. The molecule has 2 N–H and O–H groups in total. The van der Waals surface area contributed by atoms with Crippen molar-refractivity contribution in [2.24, 2.45) is 0 Å². The summed E-state index contributed by atoms with van der Waals surface area (Å²) in [5, 5.41) is 0.391. The number of aryl methyl sites for hydroxylation is 1. The molecule has 1 heterocycles. The third-order valence-corrected chi connectivity index (χ3v) is 1.74. The minimum Gasteiger partial charge on any atom is -0.477 e. The van der Waals surface area contributed by atoms with E-state index >= 15 is 0 Å². The van der Waals surface area contributed by atoms with E-state index in [1.54, 1.807) is 6.07 Å². The van der Waals surface area contributed by atoms with Gasteiger partial charge < -0.3 is 10.5 Å². The van der Waals surface area contributed by atoms with Crippen LogP contribution in [0.3, 0.4) is 0 Å². The summed E-state index contributed by atoms with van der Waals surface area (Å²) in [5.74, 6) is 0.414. The maximum atomic E-state index is 5.83. The molecule has 1 aromatic rings. The number of nitrogens with two attached hydrogens (primary N) is 1. The van der Waals surface area contributed by atoms with Gasteiger partial charge in [-0.05, 0) is 19.9 Å². The lowest BCUT2D eigenvalue weighted by atomic mass is 10.3. The molecule has 0 fully saturated rings. The van der Waals surface area contributed by atoms with E-state index in [1.165, 1.54) is 0 Å². The fourth-order valence-electron chi connectivity index (χ4n) is 0.886. The highest BCUT2D eigenvalue weighted by molar-refractivity contribution is 6.34. The van der Waals surface area contributed by atoms with Crippen molar-refractivity contribution in [2.75, 3.05) is 12.3 Å². The molecule has 1 rings (SSSR count). The third kappa shape index (κ3) is 1.80. The average Bonchev–Trinajstić information content (AvgIpc) is 2.00. The molecule has 0 amide bonds. The van der Waals surface area contributed by atoms with Crippen LogP contribution in [0.4, 0.5) is 5.69 Å². The maximum Gasteiger partial charge on any atom is 0.234 e. The number of pyridine rings is 1. The van der Waals surface area contributed by atoms with Crippen molar-refractivity contribution in [1.82, 2.24) is 4.98 Å². The summed E-state index contributed by atoms with van der Waals surface area (Å²) in [6.07, 6.45) is 0. The van der Waals surface area contributed by atoms with Crippen LogP contribution in [-0.2, 0) is 0 Å². The van der Waals surface area contributed by atoms with Gasteiger partial charge in [-0.25, -0.2) is 4.98 Å². The van der Waals surface area contributed by atoms with E-state index in [0.29, 0.717) is 23.2 Å². The predicted molar refractivity (Wildman–Crippen MR) is 49.6 cm³/mol. The van der Waals surface area contributed by atoms with E-state index in [9.17, 15) is 0 Å². The van der Waals surface area contributed by atoms with Crippen LogP contribution in [0.25, 0.3) is 0 Å². The van der Waals surface area contributed by atoms with Crippen molar-refractivity contribution in [3.63, 3.8) is 0 Å². The topological polar surface area (TPSA) is 48.1 Å². The molecule has 0 saturated heterocycles. The summed E-state index contributed by atoms with van der Waals surface area (Å²) >= 11 is 5.83. The predicted octanol–water partition coefficient (Wildman–Crippen LogP) is 2.02. The molecule has 4 heteroatoms. The molecule has 0 aliphatic heterocycles. The van der Waals surface area contributed by atoms with Crippen LogP contribution in [0.5, 0.6) is 5.88 Å². The van der Waals surface area contributed by atoms with E-state index in [1.807, 2.05) is 13.8 Å². The number of nitrogens with zero attached hydrogens (tertiary/aromatic N) is 1. The summed E-state index contributed by atoms with van der Waals surface area (Å²) in [7, 11) is 0. The Balaban J connectivity index is 3.09. The summed E-state index contributed by atoms with van der Waals surface area (Å²) in [4.78, 5) is 4.09. The Morgan fingerprint density at radius 1 is 1.67 bits per heavy atom. The first-order valence-electron chi connectivity index (χ1n) is 3.70. The standard InChI is InChI=1S/C8H11ClN2O/c1-3-12-8-7(9)6(10)4-5(2)11-8/h4H,3H2,1-2H3,(H2,10,11). The summed E-state index contributed by atoms with van der Waals surface area (Å²) in [6, 6.07) is 1.71. The molecule has 0 aliphatic rings. The van der Waals surface area contributed by atoms with Crippen molar-refractivity contribution in [2.45, 2.75) is 13.8 Å². The number of aromatic nitrogens is 1. The van der Waals surface area contributed by atoms with Crippen LogP contribution in [-0.4, -0.2) is 11.6 Å². The molecule has 1 aromatic heterocycles. The number of ether oxygens (including phenoxy) is 1. The summed E-state index contributed by atoms with van der Waals surface area (Å²) in [6.45, 7) is 4.25. The monoisotopic (exact) mass is 186 g/mol. The first-order chi connectivity index (χ1) is 5.65. The van der Waals surface area contributed by atoms with Crippen molar-refractivity contribution >= 4 is 17.3 Å². The molecule has 12 heavy (non-hydrogen) atoms. The molecule has 0 saturated carbocycles. The minimum atomic E-state index is 0.391. The van der Waals surface area contributed by atoms with Crippen LogP contribution in [0, 0.1) is 6.92 Å². The van der Waals surface area contributed by atoms with Crippen LogP contribution < -0.4 is 10.5 Å². The smallest absolute Gasteiger partial charge is 0.234 e. The second-order valence-electron chi connectivity index (χ2n) is 2.41. The Kier molecular flexibility index (Phi) is 2.76. The van der Waals surface area contributed by atoms with Gasteiger partial charge in [0.2, 0.25) is 5.88 Å². The van der Waals surface area contributed by atoms with Gasteiger partial charge >= 0.3 is 0 Å². The lowest BCUT2D eigenvalue weighted by Gasteiger charge is -2.06. The first kappa shape index (κ1) is 9.13. The zero-order valence-electron chi connectivity index (χ0n) is 7.10. The summed E-state index contributed by atoms with van der Waals surface area (Å²) in [5.41, 5.74) is 6.91.